The van der Waals surface area contributed by atoms with Gasteiger partial charge >= 0.3 is 12.1 Å². The number of nitrogens with zero attached hydrogens (tertiary/aromatic N) is 2. The van der Waals surface area contributed by atoms with Crippen LogP contribution in [0.4, 0.5) is 4.79 Å². The summed E-state index contributed by atoms with van der Waals surface area (Å²) in [5.74, 6) is -3.45. The fourth-order valence-electron chi connectivity index (χ4n) is 5.11. The highest BCUT2D eigenvalue weighted by molar-refractivity contribution is 6.36. The lowest BCUT2D eigenvalue weighted by Crippen LogP contribution is -2.57. The van der Waals surface area contributed by atoms with Crippen molar-refractivity contribution in [3.63, 3.8) is 0 Å². The molecule has 1 aliphatic rings. The van der Waals surface area contributed by atoms with Crippen LogP contribution >= 0.6 is 0 Å². The molecular weight excluding hydrogens is 586 g/mol. The van der Waals surface area contributed by atoms with Crippen molar-refractivity contribution < 1.29 is 33.4 Å². The van der Waals surface area contributed by atoms with Crippen molar-refractivity contribution in [2.75, 3.05) is 6.54 Å². The van der Waals surface area contributed by atoms with Crippen molar-refractivity contribution in [1.82, 2.24) is 15.1 Å². The molecule has 1 N–H and O–H groups in total. The molecule has 0 radical (unpaired) electrons. The zero-order chi connectivity index (χ0) is 33.2. The van der Waals surface area contributed by atoms with Gasteiger partial charge in [-0.25, -0.2) is 9.59 Å². The van der Waals surface area contributed by atoms with Crippen LogP contribution in [-0.2, 0) is 41.7 Å². The van der Waals surface area contributed by atoms with E-state index in [0.29, 0.717) is 11.3 Å². The molecule has 0 spiro atoms. The largest absolute Gasteiger partial charge is 0.457 e. The van der Waals surface area contributed by atoms with Gasteiger partial charge in [0.05, 0.1) is 11.8 Å². The average molecular weight is 626 g/mol. The fraction of sp³-hybridized carbons (Fsp3) is 0.306. The number of Topliss-reactive ketones (excluding diaryl/α,β-unsaturated/α-hetero) is 1. The maximum atomic E-state index is 14.1. The minimum atomic E-state index is -1.23. The summed E-state index contributed by atoms with van der Waals surface area (Å²) in [6, 6.07) is 24.9. The number of nitrogens with one attached hydrogen (secondary N) is 1. The third-order valence-electron chi connectivity index (χ3n) is 7.27. The van der Waals surface area contributed by atoms with E-state index in [9.17, 15) is 24.0 Å². The smallest absolute Gasteiger partial charge is 0.414 e. The predicted octanol–water partition coefficient (Wildman–Crippen LogP) is 4.74. The van der Waals surface area contributed by atoms with Crippen molar-refractivity contribution in [3.8, 4) is 0 Å². The van der Waals surface area contributed by atoms with Gasteiger partial charge in [-0.2, -0.15) is 0 Å². The molecule has 1 heterocycles. The second kappa shape index (κ2) is 15.7. The standard InChI is InChI=1S/C36H39N3O7/c1-24(2)32-34(42)38(22-31(40)37-29(20-26-14-8-5-9-15-26)33(41)35(43)46-25(3)4)30(28-18-12-7-13-19-28)21-39(32)36(44)45-23-27-16-10-6-11-17-27/h5-19,21,24-25,29,32H,20,22-23H2,1-4H3,(H,37,40)/t29-,32?/m0/s1. The zero-order valence-corrected chi connectivity index (χ0v) is 26.4. The number of ether oxygens (including phenoxy) is 2. The van der Waals surface area contributed by atoms with Gasteiger partial charge in [-0.05, 0) is 36.5 Å². The summed E-state index contributed by atoms with van der Waals surface area (Å²) in [5, 5.41) is 2.66. The molecule has 4 rings (SSSR count). The van der Waals surface area contributed by atoms with Gasteiger partial charge in [0.2, 0.25) is 5.91 Å². The Labute approximate surface area is 269 Å². The Morgan fingerprint density at radius 3 is 1.93 bits per heavy atom. The second-order valence-electron chi connectivity index (χ2n) is 11.6. The third kappa shape index (κ3) is 8.68. The topological polar surface area (TPSA) is 122 Å². The summed E-state index contributed by atoms with van der Waals surface area (Å²) >= 11 is 0. The molecule has 0 bridgehead atoms. The molecule has 0 saturated carbocycles. The molecule has 3 aromatic rings. The Hall–Kier alpha value is -5.25. The first-order chi connectivity index (χ1) is 22.0. The lowest BCUT2D eigenvalue weighted by Gasteiger charge is -2.40. The summed E-state index contributed by atoms with van der Waals surface area (Å²) < 4.78 is 10.7. The molecule has 2 atom stereocenters. The van der Waals surface area contributed by atoms with Gasteiger partial charge in [0.1, 0.15) is 25.2 Å². The lowest BCUT2D eigenvalue weighted by atomic mass is 9.97. The van der Waals surface area contributed by atoms with Gasteiger partial charge < -0.3 is 14.8 Å². The van der Waals surface area contributed by atoms with E-state index in [1.165, 1.54) is 16.0 Å². The first-order valence-corrected chi connectivity index (χ1v) is 15.2. The highest BCUT2D eigenvalue weighted by atomic mass is 16.6. The van der Waals surface area contributed by atoms with Crippen LogP contribution in [0.1, 0.15) is 44.4 Å². The van der Waals surface area contributed by atoms with Crippen LogP contribution in [-0.4, -0.2) is 64.2 Å². The molecule has 240 valence electrons. The molecular formula is C36H39N3O7. The Balaban J connectivity index is 1.62. The number of ketones is 1. The fourth-order valence-corrected chi connectivity index (χ4v) is 5.11. The summed E-state index contributed by atoms with van der Waals surface area (Å²) in [5.41, 5.74) is 2.41. The van der Waals surface area contributed by atoms with E-state index in [1.54, 1.807) is 76.2 Å². The summed E-state index contributed by atoms with van der Waals surface area (Å²) in [6.45, 7) is 6.41. The van der Waals surface area contributed by atoms with Gasteiger partial charge in [0.25, 0.3) is 11.7 Å². The maximum Gasteiger partial charge on any atom is 0.414 e. The molecule has 46 heavy (non-hydrogen) atoms. The van der Waals surface area contributed by atoms with E-state index >= 15 is 0 Å². The summed E-state index contributed by atoms with van der Waals surface area (Å²) in [6.07, 6.45) is 0.341. The van der Waals surface area contributed by atoms with Crippen molar-refractivity contribution in [2.24, 2.45) is 5.92 Å². The molecule has 3 amide bonds. The number of rotatable bonds is 12. The van der Waals surface area contributed by atoms with Gasteiger partial charge in [0, 0.05) is 12.6 Å². The van der Waals surface area contributed by atoms with Crippen LogP contribution in [0, 0.1) is 5.92 Å². The third-order valence-corrected chi connectivity index (χ3v) is 7.27. The van der Waals surface area contributed by atoms with Crippen LogP contribution in [0.25, 0.3) is 5.70 Å². The number of benzene rings is 3. The number of hydrogen-bond donors (Lipinski definition) is 1. The first-order valence-electron chi connectivity index (χ1n) is 15.2. The van der Waals surface area contributed by atoms with Crippen molar-refractivity contribution in [2.45, 2.75) is 58.9 Å². The summed E-state index contributed by atoms with van der Waals surface area (Å²) in [7, 11) is 0. The summed E-state index contributed by atoms with van der Waals surface area (Å²) in [4.78, 5) is 69.4. The SMILES string of the molecule is CC(C)OC(=O)C(=O)[C@H](Cc1ccccc1)NC(=O)CN1C(=O)C(C(C)C)N(C(=O)OCc2ccccc2)C=C1c1ccccc1. The van der Waals surface area contributed by atoms with E-state index in [1.807, 2.05) is 42.5 Å². The van der Waals surface area contributed by atoms with Crippen LogP contribution in [0.3, 0.4) is 0 Å². The van der Waals surface area contributed by atoms with Crippen molar-refractivity contribution in [3.05, 3.63) is 114 Å². The van der Waals surface area contributed by atoms with Crippen LogP contribution < -0.4 is 5.32 Å². The zero-order valence-electron chi connectivity index (χ0n) is 26.4. The molecule has 0 saturated heterocycles. The Bertz CT molecular complexity index is 1560. The molecule has 0 fully saturated rings. The monoisotopic (exact) mass is 625 g/mol. The molecule has 1 aliphatic heterocycles. The molecule has 0 aromatic heterocycles. The molecule has 10 heteroatoms. The van der Waals surface area contributed by atoms with Gasteiger partial charge in [-0.15, -0.1) is 0 Å². The van der Waals surface area contributed by atoms with Crippen LogP contribution in [0.15, 0.2) is 97.2 Å². The van der Waals surface area contributed by atoms with Crippen molar-refractivity contribution >= 4 is 35.4 Å². The van der Waals surface area contributed by atoms with Gasteiger partial charge in [-0.3, -0.25) is 24.2 Å². The second-order valence-corrected chi connectivity index (χ2v) is 11.6. The average Bonchev–Trinajstić information content (AvgIpc) is 3.04. The number of amides is 3. The Morgan fingerprint density at radius 1 is 0.804 bits per heavy atom. The van der Waals surface area contributed by atoms with E-state index in [0.717, 1.165) is 11.1 Å². The quantitative estimate of drug-likeness (QED) is 0.228. The number of esters is 1. The minimum Gasteiger partial charge on any atom is -0.457 e. The van der Waals surface area contributed by atoms with E-state index in [-0.39, 0.29) is 18.9 Å². The minimum absolute atomic E-state index is 0.0197. The van der Waals surface area contributed by atoms with Crippen molar-refractivity contribution in [1.29, 1.82) is 0 Å². The molecule has 1 unspecified atom stereocenters. The highest BCUT2D eigenvalue weighted by Gasteiger charge is 2.42. The lowest BCUT2D eigenvalue weighted by molar-refractivity contribution is -0.157. The Kier molecular flexibility index (Phi) is 11.4. The molecule has 10 nitrogen and oxygen atoms in total. The van der Waals surface area contributed by atoms with E-state index in [2.05, 4.69) is 5.32 Å². The highest BCUT2D eigenvalue weighted by Crippen LogP contribution is 2.30. The van der Waals surface area contributed by atoms with Crippen LogP contribution in [0.2, 0.25) is 0 Å². The number of hydrogen-bond acceptors (Lipinski definition) is 7. The normalized spacial score (nSPS) is 15.3. The maximum absolute atomic E-state index is 14.1. The Morgan fingerprint density at radius 2 is 1.37 bits per heavy atom. The van der Waals surface area contributed by atoms with E-state index < -0.39 is 54.4 Å². The predicted molar refractivity (Wildman–Crippen MR) is 172 cm³/mol. The number of carbonyl (C=O) groups excluding carboxylic acids is 5. The van der Waals surface area contributed by atoms with Crippen LogP contribution in [0.5, 0.6) is 0 Å². The van der Waals surface area contributed by atoms with Gasteiger partial charge in [-0.1, -0.05) is 105 Å². The van der Waals surface area contributed by atoms with E-state index in [4.69, 9.17) is 9.47 Å². The molecule has 3 aromatic carbocycles. The first kappa shape index (κ1) is 33.6. The molecule has 0 aliphatic carbocycles. The number of carbonyl (C=O) groups is 5. The van der Waals surface area contributed by atoms with Gasteiger partial charge in [0.15, 0.2) is 0 Å².